The van der Waals surface area contributed by atoms with Crippen LogP contribution in [0.2, 0.25) is 5.02 Å². The average molecular weight is 206 g/mol. The van der Waals surface area contributed by atoms with Gasteiger partial charge < -0.3 is 0 Å². The molecule has 0 saturated heterocycles. The SMILES string of the molecule is [C-]#[N+]c1ccc(Cl)cc1C(F)(F)F. The predicted molar refractivity (Wildman–Crippen MR) is 42.7 cm³/mol. The highest BCUT2D eigenvalue weighted by molar-refractivity contribution is 6.30. The van der Waals surface area contributed by atoms with E-state index in [4.69, 9.17) is 18.2 Å². The summed E-state index contributed by atoms with van der Waals surface area (Å²) in [5.41, 5.74) is -1.42. The zero-order chi connectivity index (χ0) is 10.1. The molecule has 0 fully saturated rings. The molecule has 13 heavy (non-hydrogen) atoms. The highest BCUT2D eigenvalue weighted by Gasteiger charge is 2.33. The summed E-state index contributed by atoms with van der Waals surface area (Å²) >= 11 is 5.38. The molecule has 5 heteroatoms. The summed E-state index contributed by atoms with van der Waals surface area (Å²) in [6.07, 6.45) is -4.52. The van der Waals surface area contributed by atoms with Crippen molar-refractivity contribution in [1.29, 1.82) is 0 Å². The molecule has 0 unspecified atom stereocenters. The lowest BCUT2D eigenvalue weighted by atomic mass is 10.2. The van der Waals surface area contributed by atoms with Crippen LogP contribution in [0.15, 0.2) is 18.2 Å². The third-order valence-electron chi connectivity index (χ3n) is 1.38. The minimum absolute atomic E-state index is 0.0280. The van der Waals surface area contributed by atoms with E-state index in [9.17, 15) is 13.2 Å². The zero-order valence-electron chi connectivity index (χ0n) is 6.19. The van der Waals surface area contributed by atoms with Gasteiger partial charge in [0.15, 0.2) is 5.69 Å². The lowest BCUT2D eigenvalue weighted by Crippen LogP contribution is -2.04. The van der Waals surface area contributed by atoms with E-state index in [1.807, 2.05) is 0 Å². The second kappa shape index (κ2) is 3.27. The third kappa shape index (κ3) is 2.13. The molecule has 0 aromatic heterocycles. The van der Waals surface area contributed by atoms with Gasteiger partial charge in [0.25, 0.3) is 0 Å². The summed E-state index contributed by atoms with van der Waals surface area (Å²) < 4.78 is 36.6. The Labute approximate surface area is 77.6 Å². The first kappa shape index (κ1) is 9.87. The number of rotatable bonds is 0. The Bertz CT molecular complexity index is 365. The Balaban J connectivity index is 3.35. The lowest BCUT2D eigenvalue weighted by Gasteiger charge is -2.08. The van der Waals surface area contributed by atoms with Crippen molar-refractivity contribution in [2.75, 3.05) is 0 Å². The van der Waals surface area contributed by atoms with Crippen LogP contribution in [0, 0.1) is 6.57 Å². The van der Waals surface area contributed by atoms with Crippen LogP contribution in [0.25, 0.3) is 4.85 Å². The molecule has 0 bridgehead atoms. The molecule has 1 aromatic carbocycles. The monoisotopic (exact) mass is 205 g/mol. The van der Waals surface area contributed by atoms with Gasteiger partial charge in [-0.3, -0.25) is 0 Å². The summed E-state index contributed by atoms with van der Waals surface area (Å²) in [5, 5.41) is -0.0280. The summed E-state index contributed by atoms with van der Waals surface area (Å²) in [7, 11) is 0. The van der Waals surface area contributed by atoms with Crippen LogP contribution in [-0.4, -0.2) is 0 Å². The van der Waals surface area contributed by atoms with E-state index in [-0.39, 0.29) is 5.02 Å². The van der Waals surface area contributed by atoms with Gasteiger partial charge in [-0.05, 0) is 6.07 Å². The van der Waals surface area contributed by atoms with Gasteiger partial charge in [-0.1, -0.05) is 23.7 Å². The molecule has 0 spiro atoms. The molecule has 68 valence electrons. The van der Waals surface area contributed by atoms with Crippen LogP contribution >= 0.6 is 11.6 Å². The van der Waals surface area contributed by atoms with E-state index >= 15 is 0 Å². The normalized spacial score (nSPS) is 11.0. The van der Waals surface area contributed by atoms with Gasteiger partial charge in [0.1, 0.15) is 0 Å². The van der Waals surface area contributed by atoms with E-state index < -0.39 is 17.4 Å². The Morgan fingerprint density at radius 1 is 1.31 bits per heavy atom. The maximum Gasteiger partial charge on any atom is 0.407 e. The van der Waals surface area contributed by atoms with Crippen molar-refractivity contribution in [3.8, 4) is 0 Å². The lowest BCUT2D eigenvalue weighted by molar-refractivity contribution is -0.136. The molecule has 1 rings (SSSR count). The van der Waals surface area contributed by atoms with E-state index in [0.717, 1.165) is 12.1 Å². The van der Waals surface area contributed by atoms with Crippen LogP contribution in [-0.2, 0) is 6.18 Å². The fourth-order valence-electron chi connectivity index (χ4n) is 0.833. The smallest absolute Gasteiger partial charge is 0.238 e. The van der Waals surface area contributed by atoms with Crippen molar-refractivity contribution in [3.05, 3.63) is 40.2 Å². The minimum atomic E-state index is -4.52. The second-order valence-electron chi connectivity index (χ2n) is 2.27. The molecule has 1 nitrogen and oxygen atoms in total. The molecule has 0 atom stereocenters. The Morgan fingerprint density at radius 3 is 2.38 bits per heavy atom. The number of benzene rings is 1. The summed E-state index contributed by atoms with van der Waals surface area (Å²) in [5.74, 6) is 0. The van der Waals surface area contributed by atoms with Crippen molar-refractivity contribution in [1.82, 2.24) is 0 Å². The van der Waals surface area contributed by atoms with Gasteiger partial charge in [-0.25, -0.2) is 4.85 Å². The van der Waals surface area contributed by atoms with Crippen molar-refractivity contribution >= 4 is 17.3 Å². The summed E-state index contributed by atoms with van der Waals surface area (Å²) in [4.78, 5) is 2.75. The number of alkyl halides is 3. The van der Waals surface area contributed by atoms with E-state index in [1.165, 1.54) is 6.07 Å². The fourth-order valence-corrected chi connectivity index (χ4v) is 1.00. The quantitative estimate of drug-likeness (QED) is 0.566. The Kier molecular flexibility index (Phi) is 2.48. The molecular weight excluding hydrogens is 203 g/mol. The van der Waals surface area contributed by atoms with Crippen LogP contribution < -0.4 is 0 Å². The Morgan fingerprint density at radius 2 is 1.92 bits per heavy atom. The predicted octanol–water partition coefficient (Wildman–Crippen LogP) is 3.91. The van der Waals surface area contributed by atoms with Crippen molar-refractivity contribution in [2.45, 2.75) is 6.18 Å². The van der Waals surface area contributed by atoms with Gasteiger partial charge in [-0.15, -0.1) is 0 Å². The molecule has 0 N–H and O–H groups in total. The minimum Gasteiger partial charge on any atom is -0.238 e. The van der Waals surface area contributed by atoms with Crippen molar-refractivity contribution < 1.29 is 13.2 Å². The van der Waals surface area contributed by atoms with Crippen LogP contribution in [0.1, 0.15) is 5.56 Å². The molecule has 0 radical (unpaired) electrons. The van der Waals surface area contributed by atoms with Crippen molar-refractivity contribution in [3.63, 3.8) is 0 Å². The Hall–Kier alpha value is -1.21. The maximum absolute atomic E-state index is 12.2. The molecule has 0 saturated carbocycles. The highest BCUT2D eigenvalue weighted by Crippen LogP contribution is 2.37. The van der Waals surface area contributed by atoms with Gasteiger partial charge in [0.05, 0.1) is 12.1 Å². The molecule has 0 aliphatic carbocycles. The van der Waals surface area contributed by atoms with E-state index in [0.29, 0.717) is 0 Å². The number of halogens is 4. The van der Waals surface area contributed by atoms with Crippen LogP contribution in [0.5, 0.6) is 0 Å². The molecule has 0 amide bonds. The second-order valence-corrected chi connectivity index (χ2v) is 2.71. The molecule has 1 aromatic rings. The molecule has 0 aliphatic heterocycles. The molecular formula is C8H3ClF3N. The van der Waals surface area contributed by atoms with Crippen LogP contribution in [0.3, 0.4) is 0 Å². The van der Waals surface area contributed by atoms with Gasteiger partial charge >= 0.3 is 6.18 Å². The van der Waals surface area contributed by atoms with Gasteiger partial charge in [0.2, 0.25) is 0 Å². The standard InChI is InChI=1S/C8H3ClF3N/c1-13-7-3-2-5(9)4-6(7)8(10,11)12/h2-4H. The first-order chi connectivity index (χ1) is 5.95. The summed E-state index contributed by atoms with van der Waals surface area (Å²) in [6, 6.07) is 3.05. The van der Waals surface area contributed by atoms with Crippen molar-refractivity contribution in [2.24, 2.45) is 0 Å². The first-order valence-corrected chi connectivity index (χ1v) is 3.57. The zero-order valence-corrected chi connectivity index (χ0v) is 6.95. The number of hydrogen-bond acceptors (Lipinski definition) is 0. The average Bonchev–Trinajstić information content (AvgIpc) is 2.03. The van der Waals surface area contributed by atoms with Gasteiger partial charge in [-0.2, -0.15) is 13.2 Å². The highest BCUT2D eigenvalue weighted by atomic mass is 35.5. The maximum atomic E-state index is 12.2. The number of hydrogen-bond donors (Lipinski definition) is 0. The third-order valence-corrected chi connectivity index (χ3v) is 1.62. The first-order valence-electron chi connectivity index (χ1n) is 3.19. The van der Waals surface area contributed by atoms with E-state index in [1.54, 1.807) is 0 Å². The van der Waals surface area contributed by atoms with Gasteiger partial charge in [0, 0.05) is 5.02 Å². The number of nitrogens with zero attached hydrogens (tertiary/aromatic N) is 1. The molecule has 0 heterocycles. The fraction of sp³-hybridized carbons (Fsp3) is 0.125. The topological polar surface area (TPSA) is 4.36 Å². The van der Waals surface area contributed by atoms with Crippen LogP contribution in [0.4, 0.5) is 18.9 Å². The molecule has 0 aliphatic rings. The van der Waals surface area contributed by atoms with E-state index in [2.05, 4.69) is 4.85 Å². The largest absolute Gasteiger partial charge is 0.407 e. The summed E-state index contributed by atoms with van der Waals surface area (Å²) in [6.45, 7) is 6.52.